The van der Waals surface area contributed by atoms with E-state index in [0.717, 1.165) is 64.5 Å². The average molecular weight is 499 g/mol. The molecule has 1 unspecified atom stereocenters. The van der Waals surface area contributed by atoms with Crippen LogP contribution in [-0.4, -0.2) is 25.9 Å². The molecule has 0 spiro atoms. The van der Waals surface area contributed by atoms with Gasteiger partial charge in [0.05, 0.1) is 5.39 Å². The number of thioether (sulfide) groups is 1. The Bertz CT molecular complexity index is 1500. The number of aromatic nitrogens is 2. The molecule has 6 nitrogen and oxygen atoms in total. The van der Waals surface area contributed by atoms with Crippen LogP contribution in [0, 0.1) is 5.92 Å². The van der Waals surface area contributed by atoms with E-state index in [1.165, 1.54) is 33.3 Å². The number of fused-ring (bicyclic) bond motifs is 5. The smallest absolute Gasteiger partial charge is 0.226 e. The summed E-state index contributed by atoms with van der Waals surface area (Å²) in [4.78, 5) is 39.5. The van der Waals surface area contributed by atoms with Crippen molar-refractivity contribution < 1.29 is 9.59 Å². The molecule has 0 saturated heterocycles. The normalized spacial score (nSPS) is 18.5. The number of aryl methyl sites for hydroxylation is 1. The molecule has 1 N–H and O–H groups in total. The van der Waals surface area contributed by atoms with Crippen molar-refractivity contribution >= 4 is 55.8 Å². The monoisotopic (exact) mass is 498 g/mol. The first-order chi connectivity index (χ1) is 17.1. The summed E-state index contributed by atoms with van der Waals surface area (Å²) < 4.78 is 0. The second-order valence-corrected chi connectivity index (χ2v) is 11.6. The molecule has 35 heavy (non-hydrogen) atoms. The lowest BCUT2D eigenvalue weighted by molar-refractivity contribution is -0.136. The lowest BCUT2D eigenvalue weighted by atomic mass is 9.87. The van der Waals surface area contributed by atoms with Gasteiger partial charge in [0.2, 0.25) is 5.91 Å². The van der Waals surface area contributed by atoms with Gasteiger partial charge < -0.3 is 10.2 Å². The summed E-state index contributed by atoms with van der Waals surface area (Å²) in [5.41, 5.74) is 5.80. The van der Waals surface area contributed by atoms with E-state index in [9.17, 15) is 9.59 Å². The highest BCUT2D eigenvalue weighted by Crippen LogP contribution is 2.42. The van der Waals surface area contributed by atoms with Gasteiger partial charge in [0.25, 0.3) is 0 Å². The largest absolute Gasteiger partial charge is 0.340 e. The summed E-state index contributed by atoms with van der Waals surface area (Å²) in [5, 5.41) is 4.73. The Morgan fingerprint density at radius 3 is 2.71 bits per heavy atom. The van der Waals surface area contributed by atoms with E-state index in [-0.39, 0.29) is 16.9 Å². The summed E-state index contributed by atoms with van der Waals surface area (Å²) in [7, 11) is 0. The number of hydrogen-bond acceptors (Lipinski definition) is 7. The number of carbonyl (C=O) groups excluding carboxylic acids is 2. The van der Waals surface area contributed by atoms with E-state index in [1.54, 1.807) is 17.7 Å². The topological polar surface area (TPSA) is 75.2 Å². The van der Waals surface area contributed by atoms with Gasteiger partial charge in [-0.15, -0.1) is 11.3 Å². The van der Waals surface area contributed by atoms with Gasteiger partial charge in [-0.25, -0.2) is 9.97 Å². The number of benzene rings is 2. The molecule has 2 aromatic heterocycles. The minimum atomic E-state index is 0.0144. The highest BCUT2D eigenvalue weighted by atomic mass is 32.2. The first-order valence-electron chi connectivity index (χ1n) is 11.8. The third kappa shape index (κ3) is 3.63. The van der Waals surface area contributed by atoms with Crippen LogP contribution in [0.3, 0.4) is 0 Å². The van der Waals surface area contributed by atoms with E-state index in [0.29, 0.717) is 6.42 Å². The minimum absolute atomic E-state index is 0.0144. The molecule has 0 fully saturated rings. The van der Waals surface area contributed by atoms with Gasteiger partial charge in [-0.2, -0.15) is 0 Å². The van der Waals surface area contributed by atoms with Gasteiger partial charge in [-0.3, -0.25) is 9.59 Å². The molecule has 3 aliphatic rings. The van der Waals surface area contributed by atoms with Crippen molar-refractivity contribution in [2.75, 3.05) is 5.32 Å². The fourth-order valence-corrected chi connectivity index (χ4v) is 7.68. The lowest BCUT2D eigenvalue weighted by Crippen LogP contribution is -2.34. The van der Waals surface area contributed by atoms with Gasteiger partial charge in [0.15, 0.2) is 5.12 Å². The van der Waals surface area contributed by atoms with Crippen LogP contribution in [0.1, 0.15) is 33.6 Å². The van der Waals surface area contributed by atoms with Crippen LogP contribution in [0.4, 0.5) is 11.5 Å². The summed E-state index contributed by atoms with van der Waals surface area (Å²) in [6.45, 7) is 1.43. The van der Waals surface area contributed by atoms with Crippen LogP contribution in [-0.2, 0) is 41.9 Å². The molecule has 1 amide bonds. The number of nitrogens with zero attached hydrogens (tertiary/aromatic N) is 3. The van der Waals surface area contributed by atoms with Crippen molar-refractivity contribution in [3.63, 3.8) is 0 Å². The zero-order valence-electron chi connectivity index (χ0n) is 18.9. The van der Waals surface area contributed by atoms with Crippen molar-refractivity contribution in [1.82, 2.24) is 14.9 Å². The second kappa shape index (κ2) is 8.17. The Morgan fingerprint density at radius 2 is 1.89 bits per heavy atom. The minimum Gasteiger partial charge on any atom is -0.340 e. The summed E-state index contributed by atoms with van der Waals surface area (Å²) in [6.07, 6.45) is 4.56. The molecule has 0 saturated carbocycles. The van der Waals surface area contributed by atoms with E-state index in [1.807, 2.05) is 35.2 Å². The molecule has 0 radical (unpaired) electrons. The van der Waals surface area contributed by atoms with Crippen LogP contribution in [0.25, 0.3) is 10.2 Å². The third-order valence-corrected chi connectivity index (χ3v) is 9.37. The Balaban J connectivity index is 1.14. The SMILES string of the molecule is O=C1Cc2ccc(Nc3ncnc4sc5c(c34)CCC(C(=O)N3Cc4ccccc4C3)C5)cc2S1. The van der Waals surface area contributed by atoms with Crippen LogP contribution < -0.4 is 5.32 Å². The fraction of sp³-hybridized carbons (Fsp3) is 0.259. The number of anilines is 2. The molecule has 0 bridgehead atoms. The van der Waals surface area contributed by atoms with Crippen LogP contribution in [0.2, 0.25) is 0 Å². The van der Waals surface area contributed by atoms with E-state index in [4.69, 9.17) is 0 Å². The Labute approximate surface area is 210 Å². The predicted molar refractivity (Wildman–Crippen MR) is 138 cm³/mol. The molecular weight excluding hydrogens is 476 g/mol. The predicted octanol–water partition coefficient (Wildman–Crippen LogP) is 5.26. The standard InChI is InChI=1S/C27H22N4O2S2/c32-23-10-15-5-7-19(11-21(15)34-23)30-25-24-20-8-6-16(9-22(20)35-26(24)29-14-28-25)27(33)31-12-17-3-1-2-4-18(17)13-31/h1-5,7,11,14,16H,6,8-10,12-13H2,(H,28,29,30). The molecule has 4 aromatic rings. The van der Waals surface area contributed by atoms with Gasteiger partial charge >= 0.3 is 0 Å². The van der Waals surface area contributed by atoms with Crippen LogP contribution in [0.5, 0.6) is 0 Å². The Morgan fingerprint density at radius 1 is 1.06 bits per heavy atom. The maximum Gasteiger partial charge on any atom is 0.226 e. The summed E-state index contributed by atoms with van der Waals surface area (Å²) >= 11 is 2.99. The quantitative estimate of drug-likeness (QED) is 0.416. The molecule has 8 heteroatoms. The average Bonchev–Trinajstić information content (AvgIpc) is 3.56. The molecule has 1 aliphatic carbocycles. The lowest BCUT2D eigenvalue weighted by Gasteiger charge is -2.26. The number of rotatable bonds is 3. The second-order valence-electron chi connectivity index (χ2n) is 9.41. The maximum absolute atomic E-state index is 13.4. The maximum atomic E-state index is 13.4. The Kier molecular flexibility index (Phi) is 4.92. The van der Waals surface area contributed by atoms with Crippen LogP contribution >= 0.6 is 23.1 Å². The van der Waals surface area contributed by atoms with E-state index >= 15 is 0 Å². The van der Waals surface area contributed by atoms with Gasteiger partial charge in [0, 0.05) is 40.9 Å². The summed E-state index contributed by atoms with van der Waals surface area (Å²) in [5.74, 6) is 1.07. The van der Waals surface area contributed by atoms with Crippen molar-refractivity contribution in [3.8, 4) is 0 Å². The fourth-order valence-electron chi connectivity index (χ4n) is 5.49. The first-order valence-corrected chi connectivity index (χ1v) is 13.5. The van der Waals surface area contributed by atoms with Crippen molar-refractivity contribution in [2.45, 2.75) is 43.7 Å². The number of hydrogen-bond donors (Lipinski definition) is 1. The molecular formula is C27H22N4O2S2. The molecule has 2 aromatic carbocycles. The highest BCUT2D eigenvalue weighted by molar-refractivity contribution is 8.14. The molecule has 174 valence electrons. The molecule has 4 heterocycles. The van der Waals surface area contributed by atoms with E-state index in [2.05, 4.69) is 27.4 Å². The van der Waals surface area contributed by atoms with Gasteiger partial charge in [0.1, 0.15) is 17.0 Å². The highest BCUT2D eigenvalue weighted by Gasteiger charge is 2.33. The van der Waals surface area contributed by atoms with E-state index < -0.39 is 0 Å². The van der Waals surface area contributed by atoms with Crippen molar-refractivity contribution in [2.24, 2.45) is 5.92 Å². The number of amides is 1. The zero-order chi connectivity index (χ0) is 23.5. The zero-order valence-corrected chi connectivity index (χ0v) is 20.5. The first kappa shape index (κ1) is 21.1. The number of carbonyl (C=O) groups is 2. The summed E-state index contributed by atoms with van der Waals surface area (Å²) in [6, 6.07) is 14.4. The van der Waals surface area contributed by atoms with Gasteiger partial charge in [-0.05, 0) is 53.6 Å². The third-order valence-electron chi connectivity index (χ3n) is 7.24. The number of thiophene rings is 1. The van der Waals surface area contributed by atoms with Gasteiger partial charge in [-0.1, -0.05) is 42.1 Å². The number of nitrogens with one attached hydrogen (secondary N) is 1. The van der Waals surface area contributed by atoms with Crippen LogP contribution in [0.15, 0.2) is 53.7 Å². The Hall–Kier alpha value is -3.23. The molecule has 1 atom stereocenters. The van der Waals surface area contributed by atoms with Crippen molar-refractivity contribution in [1.29, 1.82) is 0 Å². The molecule has 2 aliphatic heterocycles. The molecule has 7 rings (SSSR count). The van der Waals surface area contributed by atoms with Crippen molar-refractivity contribution in [3.05, 3.63) is 75.9 Å².